The summed E-state index contributed by atoms with van der Waals surface area (Å²) in [4.78, 5) is 26.4. The number of rotatable bonds is 5. The summed E-state index contributed by atoms with van der Waals surface area (Å²) in [7, 11) is 0. The summed E-state index contributed by atoms with van der Waals surface area (Å²) in [5.41, 5.74) is 0.0351. The lowest BCUT2D eigenvalue weighted by Gasteiger charge is -2.34. The maximum Gasteiger partial charge on any atom is 0.233 e. The first-order valence-electron chi connectivity index (χ1n) is 7.95. The number of carbonyl (C=O) groups is 2. The van der Waals surface area contributed by atoms with Gasteiger partial charge in [0.1, 0.15) is 0 Å². The molecule has 1 aliphatic carbocycles. The van der Waals surface area contributed by atoms with Gasteiger partial charge in [0.25, 0.3) is 0 Å². The quantitative estimate of drug-likeness (QED) is 0.785. The fourth-order valence-corrected chi connectivity index (χ4v) is 3.39. The van der Waals surface area contributed by atoms with Gasteiger partial charge in [-0.1, -0.05) is 34.1 Å². The molecule has 4 nitrogen and oxygen atoms in total. The van der Waals surface area contributed by atoms with Gasteiger partial charge in [-0.15, -0.1) is 0 Å². The Morgan fingerprint density at radius 3 is 2.20 bits per heavy atom. The summed E-state index contributed by atoms with van der Waals surface area (Å²) >= 11 is 0. The van der Waals surface area contributed by atoms with Crippen molar-refractivity contribution < 1.29 is 9.59 Å². The van der Waals surface area contributed by atoms with Gasteiger partial charge in [0.2, 0.25) is 11.8 Å². The van der Waals surface area contributed by atoms with E-state index in [1.54, 1.807) is 0 Å². The van der Waals surface area contributed by atoms with Gasteiger partial charge in [-0.3, -0.25) is 14.5 Å². The topological polar surface area (TPSA) is 49.4 Å². The molecule has 0 radical (unpaired) electrons. The highest BCUT2D eigenvalue weighted by Gasteiger charge is 2.50. The summed E-state index contributed by atoms with van der Waals surface area (Å²) in [6.07, 6.45) is 3.87. The molecule has 1 saturated carbocycles. The number of carbonyl (C=O) groups excluding carboxylic acids is 2. The van der Waals surface area contributed by atoms with E-state index in [-0.39, 0.29) is 35.1 Å². The molecule has 0 spiro atoms. The molecule has 0 aromatic carbocycles. The molecule has 4 heteroatoms. The zero-order chi connectivity index (χ0) is 14.9. The van der Waals surface area contributed by atoms with E-state index in [9.17, 15) is 9.59 Å². The van der Waals surface area contributed by atoms with Crippen LogP contribution in [0.5, 0.6) is 0 Å². The van der Waals surface area contributed by atoms with E-state index < -0.39 is 0 Å². The van der Waals surface area contributed by atoms with E-state index >= 15 is 0 Å². The van der Waals surface area contributed by atoms with E-state index in [1.807, 2.05) is 0 Å². The van der Waals surface area contributed by atoms with Crippen LogP contribution in [0.1, 0.15) is 53.4 Å². The number of nitrogens with one attached hydrogen (secondary N) is 1. The van der Waals surface area contributed by atoms with Gasteiger partial charge in [0, 0.05) is 12.6 Å². The van der Waals surface area contributed by atoms with Crippen LogP contribution in [0.25, 0.3) is 0 Å². The van der Waals surface area contributed by atoms with Gasteiger partial charge < -0.3 is 5.32 Å². The predicted octanol–water partition coefficient (Wildman–Crippen LogP) is 2.19. The Balaban J connectivity index is 2.07. The van der Waals surface area contributed by atoms with Crippen LogP contribution in [0, 0.1) is 17.3 Å². The molecular formula is C16H28N2O2. The van der Waals surface area contributed by atoms with E-state index in [0.29, 0.717) is 6.54 Å². The molecule has 2 rings (SSSR count). The number of nitrogens with zero attached hydrogens (tertiary/aromatic N) is 1. The summed E-state index contributed by atoms with van der Waals surface area (Å²) in [5.74, 6) is 0.110. The first-order chi connectivity index (χ1) is 9.36. The zero-order valence-electron chi connectivity index (χ0n) is 13.2. The first-order valence-corrected chi connectivity index (χ1v) is 7.95. The normalized spacial score (nSPS) is 28.1. The third-order valence-corrected chi connectivity index (χ3v) is 4.73. The number of imide groups is 1. The average Bonchev–Trinajstić information content (AvgIpc) is 2.91. The molecule has 2 fully saturated rings. The van der Waals surface area contributed by atoms with Crippen LogP contribution >= 0.6 is 0 Å². The fraction of sp³-hybridized carbons (Fsp3) is 0.875. The van der Waals surface area contributed by atoms with Crippen molar-refractivity contribution in [1.82, 2.24) is 10.2 Å². The SMILES string of the molecule is CCCNC(CN1C(=O)C2CCCC2C1=O)C(C)(C)C. The smallest absolute Gasteiger partial charge is 0.233 e. The molecule has 114 valence electrons. The summed E-state index contributed by atoms with van der Waals surface area (Å²) in [5, 5.41) is 3.50. The second-order valence-corrected chi connectivity index (χ2v) is 7.30. The average molecular weight is 280 g/mol. The Morgan fingerprint density at radius 1 is 1.20 bits per heavy atom. The molecule has 0 aromatic heterocycles. The molecule has 1 N–H and O–H groups in total. The van der Waals surface area contributed by atoms with Gasteiger partial charge in [0.05, 0.1) is 11.8 Å². The molecule has 1 aliphatic heterocycles. The van der Waals surface area contributed by atoms with Gasteiger partial charge in [-0.25, -0.2) is 0 Å². The highest BCUT2D eigenvalue weighted by atomic mass is 16.2. The molecule has 0 bridgehead atoms. The Morgan fingerprint density at radius 2 is 1.75 bits per heavy atom. The van der Waals surface area contributed by atoms with Crippen molar-refractivity contribution in [3.8, 4) is 0 Å². The van der Waals surface area contributed by atoms with Crippen LogP contribution in [0.2, 0.25) is 0 Å². The highest BCUT2D eigenvalue weighted by Crippen LogP contribution is 2.40. The van der Waals surface area contributed by atoms with Crippen LogP contribution in [0.3, 0.4) is 0 Å². The van der Waals surface area contributed by atoms with Gasteiger partial charge in [0.15, 0.2) is 0 Å². The molecule has 3 unspecified atom stereocenters. The maximum absolute atomic E-state index is 12.4. The van der Waals surface area contributed by atoms with Crippen LogP contribution in [-0.4, -0.2) is 35.8 Å². The molecule has 2 amide bonds. The Hall–Kier alpha value is -0.900. The van der Waals surface area contributed by atoms with Crippen LogP contribution < -0.4 is 5.32 Å². The lowest BCUT2D eigenvalue weighted by atomic mass is 9.86. The van der Waals surface area contributed by atoms with Crippen molar-refractivity contribution in [3.63, 3.8) is 0 Å². The Labute approximate surface area is 122 Å². The van der Waals surface area contributed by atoms with Gasteiger partial charge in [-0.2, -0.15) is 0 Å². The molecule has 2 aliphatic rings. The summed E-state index contributed by atoms with van der Waals surface area (Å²) in [6.45, 7) is 10.0. The molecular weight excluding hydrogens is 252 g/mol. The fourth-order valence-electron chi connectivity index (χ4n) is 3.39. The molecule has 20 heavy (non-hydrogen) atoms. The van der Waals surface area contributed by atoms with Gasteiger partial charge >= 0.3 is 0 Å². The highest BCUT2D eigenvalue weighted by molar-refractivity contribution is 6.05. The third-order valence-electron chi connectivity index (χ3n) is 4.73. The summed E-state index contributed by atoms with van der Waals surface area (Å²) in [6, 6.07) is 0.161. The lowest BCUT2D eigenvalue weighted by molar-refractivity contribution is -0.141. The number of amides is 2. The Bertz CT molecular complexity index is 364. The first kappa shape index (κ1) is 15.5. The largest absolute Gasteiger partial charge is 0.312 e. The molecule has 3 atom stereocenters. The van der Waals surface area contributed by atoms with Crippen molar-refractivity contribution in [2.45, 2.75) is 59.4 Å². The van der Waals surface area contributed by atoms with Crippen molar-refractivity contribution >= 4 is 11.8 Å². The molecule has 1 heterocycles. The minimum absolute atomic E-state index is 0.0192. The van der Waals surface area contributed by atoms with Crippen LogP contribution in [0.15, 0.2) is 0 Å². The minimum atomic E-state index is -0.0192. The summed E-state index contributed by atoms with van der Waals surface area (Å²) < 4.78 is 0. The number of fused-ring (bicyclic) bond motifs is 1. The standard InChI is InChI=1S/C16H28N2O2/c1-5-9-17-13(16(2,3)4)10-18-14(19)11-7-6-8-12(11)15(18)20/h11-13,17H,5-10H2,1-4H3. The van der Waals surface area contributed by atoms with Crippen LogP contribution in [0.4, 0.5) is 0 Å². The number of hydrogen-bond donors (Lipinski definition) is 1. The van der Waals surface area contributed by atoms with Crippen molar-refractivity contribution in [2.24, 2.45) is 17.3 Å². The van der Waals surface area contributed by atoms with E-state index in [0.717, 1.165) is 32.2 Å². The van der Waals surface area contributed by atoms with Crippen molar-refractivity contribution in [2.75, 3.05) is 13.1 Å². The van der Waals surface area contributed by atoms with E-state index in [2.05, 4.69) is 33.0 Å². The van der Waals surface area contributed by atoms with E-state index in [4.69, 9.17) is 0 Å². The number of likely N-dealkylation sites (tertiary alicyclic amines) is 1. The lowest BCUT2D eigenvalue weighted by Crippen LogP contribution is -2.50. The number of hydrogen-bond acceptors (Lipinski definition) is 3. The Kier molecular flexibility index (Phi) is 4.52. The zero-order valence-corrected chi connectivity index (χ0v) is 13.2. The van der Waals surface area contributed by atoms with E-state index in [1.165, 1.54) is 4.90 Å². The maximum atomic E-state index is 12.4. The van der Waals surface area contributed by atoms with Crippen molar-refractivity contribution in [1.29, 1.82) is 0 Å². The monoisotopic (exact) mass is 280 g/mol. The predicted molar refractivity (Wildman–Crippen MR) is 79.1 cm³/mol. The van der Waals surface area contributed by atoms with Crippen molar-refractivity contribution in [3.05, 3.63) is 0 Å². The second-order valence-electron chi connectivity index (χ2n) is 7.30. The third kappa shape index (κ3) is 2.90. The van der Waals surface area contributed by atoms with Crippen LogP contribution in [-0.2, 0) is 9.59 Å². The molecule has 0 aromatic rings. The molecule has 1 saturated heterocycles. The van der Waals surface area contributed by atoms with Gasteiger partial charge in [-0.05, 0) is 31.2 Å². The second kappa shape index (κ2) is 5.84. The minimum Gasteiger partial charge on any atom is -0.312 e.